The van der Waals surface area contributed by atoms with E-state index in [0.717, 1.165) is 60.9 Å². The average Bonchev–Trinajstić information content (AvgIpc) is 3.88. The van der Waals surface area contributed by atoms with Crippen molar-refractivity contribution in [2.24, 2.45) is 0 Å². The summed E-state index contributed by atoms with van der Waals surface area (Å²) in [4.78, 5) is 0. The molecule has 4 aromatic heterocycles. The van der Waals surface area contributed by atoms with Crippen molar-refractivity contribution in [2.75, 3.05) is 0 Å². The number of furan rings is 1. The number of nitrogens with zero attached hydrogens (tertiary/aromatic N) is 3. The van der Waals surface area contributed by atoms with Gasteiger partial charge in [-0.25, -0.2) is 0 Å². The number of hydrogen-bond donors (Lipinski definition) is 0. The van der Waals surface area contributed by atoms with Gasteiger partial charge in [-0.3, -0.25) is 0 Å². The summed E-state index contributed by atoms with van der Waals surface area (Å²) in [5.74, 6) is 0. The van der Waals surface area contributed by atoms with Crippen LogP contribution in [0, 0.1) is 0 Å². The molecule has 7 aromatic carbocycles. The van der Waals surface area contributed by atoms with Gasteiger partial charge in [-0.2, -0.15) is 0 Å². The van der Waals surface area contributed by atoms with Crippen LogP contribution in [0.4, 0.5) is 0 Å². The number of rotatable bonds is 3. The number of para-hydroxylation sites is 7. The van der Waals surface area contributed by atoms with Gasteiger partial charge in [-0.1, -0.05) is 121 Å². The second-order valence-electron chi connectivity index (χ2n) is 13.3. The zero-order valence-corrected chi connectivity index (χ0v) is 28.1. The molecule has 244 valence electrons. The molecule has 11 rings (SSSR count). The smallest absolute Gasteiger partial charge is 0.159 e. The van der Waals surface area contributed by atoms with E-state index in [1.807, 2.05) is 0 Å². The van der Waals surface area contributed by atoms with E-state index in [1.54, 1.807) is 0 Å². The van der Waals surface area contributed by atoms with E-state index in [4.69, 9.17) is 4.42 Å². The SMILES string of the molecule is c1ccc2c(c1)ccc(-n1c3ccccc3c3ccccc31)cccn2-c1cccc2c1oc1c(-n3c4ccccc4c4ccccc43)cccc12. The van der Waals surface area contributed by atoms with Crippen molar-refractivity contribution in [3.8, 4) is 17.1 Å². The van der Waals surface area contributed by atoms with Gasteiger partial charge in [-0.05, 0) is 66.0 Å². The average molecular weight is 666 g/mol. The van der Waals surface area contributed by atoms with Crippen molar-refractivity contribution in [2.45, 2.75) is 0 Å². The topological polar surface area (TPSA) is 27.9 Å². The van der Waals surface area contributed by atoms with Gasteiger partial charge in [-0.15, -0.1) is 0 Å². The summed E-state index contributed by atoms with van der Waals surface area (Å²) in [7, 11) is 0. The highest BCUT2D eigenvalue weighted by molar-refractivity contribution is 6.14. The van der Waals surface area contributed by atoms with Gasteiger partial charge in [0.05, 0.1) is 39.0 Å². The molecule has 0 radical (unpaired) electrons. The highest BCUT2D eigenvalue weighted by Gasteiger charge is 2.19. The Bertz CT molecular complexity index is 3150. The van der Waals surface area contributed by atoms with Crippen molar-refractivity contribution in [3.63, 3.8) is 0 Å². The molecule has 4 heteroatoms. The third kappa shape index (κ3) is 4.15. The first-order valence-electron chi connectivity index (χ1n) is 17.7. The molecule has 52 heavy (non-hydrogen) atoms. The molecule has 0 aliphatic heterocycles. The molecule has 0 unspecified atom stereocenters. The van der Waals surface area contributed by atoms with E-state index >= 15 is 0 Å². The van der Waals surface area contributed by atoms with Crippen LogP contribution in [0.25, 0.3) is 93.5 Å². The number of benzene rings is 7. The normalized spacial score (nSPS) is 11.8. The van der Waals surface area contributed by atoms with Crippen molar-refractivity contribution >= 4 is 76.5 Å². The van der Waals surface area contributed by atoms with Crippen LogP contribution in [0.5, 0.6) is 0 Å². The van der Waals surface area contributed by atoms with Crippen LogP contribution in [-0.2, 0) is 0 Å². The van der Waals surface area contributed by atoms with Gasteiger partial charge in [0.15, 0.2) is 11.2 Å². The molecule has 0 saturated heterocycles. The van der Waals surface area contributed by atoms with Crippen molar-refractivity contribution < 1.29 is 4.42 Å². The molecule has 0 aliphatic carbocycles. The van der Waals surface area contributed by atoms with E-state index in [1.165, 1.54) is 32.6 Å². The Labute approximate surface area is 298 Å². The molecule has 0 N–H and O–H groups in total. The van der Waals surface area contributed by atoms with Crippen molar-refractivity contribution in [3.05, 3.63) is 188 Å². The monoisotopic (exact) mass is 665 g/mol. The molecule has 11 aromatic rings. The highest BCUT2D eigenvalue weighted by Crippen LogP contribution is 2.40. The van der Waals surface area contributed by atoms with Crippen molar-refractivity contribution in [1.82, 2.24) is 13.7 Å². The molecule has 0 aliphatic rings. The standard InChI is InChI=1S/C48H31N3O/c1-6-22-40-32(14-1)29-30-33(50-41-23-7-2-16-34(41)35-17-3-8-24-42(35)50)15-13-31-49(40)45-27-11-20-38-39-21-12-28-46(48(39)52-47(38)45)51-43-25-9-4-18-36(43)37-19-5-10-26-44(37)51/h1-31H. The largest absolute Gasteiger partial charge is 0.452 e. The molecule has 4 heterocycles. The van der Waals surface area contributed by atoms with Crippen LogP contribution in [0.3, 0.4) is 0 Å². The Balaban J connectivity index is 1.17. The van der Waals surface area contributed by atoms with Crippen LogP contribution < -0.4 is 0 Å². The number of hydrogen-bond acceptors (Lipinski definition) is 1. The van der Waals surface area contributed by atoms with Crippen LogP contribution in [-0.4, -0.2) is 13.7 Å². The maximum absolute atomic E-state index is 7.05. The summed E-state index contributed by atoms with van der Waals surface area (Å²) in [5.41, 5.74) is 10.6. The maximum Gasteiger partial charge on any atom is 0.159 e. The van der Waals surface area contributed by atoms with Gasteiger partial charge in [0, 0.05) is 44.2 Å². The molecule has 0 fully saturated rings. The fourth-order valence-corrected chi connectivity index (χ4v) is 8.28. The minimum absolute atomic E-state index is 0.847. The van der Waals surface area contributed by atoms with Gasteiger partial charge in [0.2, 0.25) is 0 Å². The minimum atomic E-state index is 0.847. The summed E-state index contributed by atoms with van der Waals surface area (Å²) >= 11 is 0. The van der Waals surface area contributed by atoms with E-state index in [9.17, 15) is 0 Å². The Hall–Kier alpha value is -7.04. The van der Waals surface area contributed by atoms with Crippen molar-refractivity contribution in [1.29, 1.82) is 0 Å². The van der Waals surface area contributed by atoms with E-state index in [0.29, 0.717) is 0 Å². The Morgan fingerprint density at radius 1 is 0.308 bits per heavy atom. The number of fused-ring (bicyclic) bond motifs is 10. The Kier molecular flexibility index (Phi) is 6.22. The minimum Gasteiger partial charge on any atom is -0.452 e. The van der Waals surface area contributed by atoms with E-state index in [-0.39, 0.29) is 0 Å². The lowest BCUT2D eigenvalue weighted by atomic mass is 10.1. The second-order valence-corrected chi connectivity index (χ2v) is 13.3. The highest BCUT2D eigenvalue weighted by atomic mass is 16.3. The molecule has 0 amide bonds. The predicted molar refractivity (Wildman–Crippen MR) is 217 cm³/mol. The van der Waals surface area contributed by atoms with Crippen LogP contribution in [0.1, 0.15) is 0 Å². The summed E-state index contributed by atoms with van der Waals surface area (Å²) in [5, 5.41) is 8.23. The van der Waals surface area contributed by atoms with E-state index < -0.39 is 0 Å². The lowest BCUT2D eigenvalue weighted by Gasteiger charge is -2.09. The fraction of sp³-hybridized carbons (Fsp3) is 0. The first-order valence-corrected chi connectivity index (χ1v) is 17.7. The summed E-state index contributed by atoms with van der Waals surface area (Å²) < 4.78 is 14.0. The predicted octanol–water partition coefficient (Wildman–Crippen LogP) is 12.8. The third-order valence-corrected chi connectivity index (χ3v) is 10.5. The van der Waals surface area contributed by atoms with Gasteiger partial charge >= 0.3 is 0 Å². The molecular formula is C48H31N3O. The molecule has 0 saturated carbocycles. The third-order valence-electron chi connectivity index (χ3n) is 10.5. The number of aromatic nitrogens is 3. The van der Waals surface area contributed by atoms with Gasteiger partial charge in [0.1, 0.15) is 0 Å². The van der Waals surface area contributed by atoms with Crippen LogP contribution in [0.2, 0.25) is 0 Å². The van der Waals surface area contributed by atoms with E-state index in [2.05, 4.69) is 202 Å². The molecule has 0 atom stereocenters. The Morgan fingerprint density at radius 2 is 0.769 bits per heavy atom. The van der Waals surface area contributed by atoms with Gasteiger partial charge in [0.25, 0.3) is 0 Å². The first-order chi connectivity index (χ1) is 25.8. The van der Waals surface area contributed by atoms with Gasteiger partial charge < -0.3 is 18.1 Å². The molecular weight excluding hydrogens is 635 g/mol. The first kappa shape index (κ1) is 28.8. The summed E-state index contributed by atoms with van der Waals surface area (Å²) in [6.45, 7) is 0. The van der Waals surface area contributed by atoms with Crippen LogP contribution in [0.15, 0.2) is 193 Å². The molecule has 4 nitrogen and oxygen atoms in total. The van der Waals surface area contributed by atoms with Crippen LogP contribution >= 0.6 is 0 Å². The Morgan fingerprint density at radius 3 is 1.37 bits per heavy atom. The summed E-state index contributed by atoms with van der Waals surface area (Å²) in [6.07, 6.45) is 2.16. The zero-order valence-electron chi connectivity index (χ0n) is 28.1. The molecule has 0 bridgehead atoms. The maximum atomic E-state index is 7.05. The lowest BCUT2D eigenvalue weighted by Crippen LogP contribution is -1.95. The summed E-state index contributed by atoms with van der Waals surface area (Å²) in [6, 6.07) is 64.9. The lowest BCUT2D eigenvalue weighted by molar-refractivity contribution is 0.663. The second kappa shape index (κ2) is 11.2. The zero-order chi connectivity index (χ0) is 34.2. The fourth-order valence-electron chi connectivity index (χ4n) is 8.28. The molecule has 0 spiro atoms. The quantitative estimate of drug-likeness (QED) is 0.185.